The predicted octanol–water partition coefficient (Wildman–Crippen LogP) is 6.22. The molecule has 146 valence electrons. The lowest BCUT2D eigenvalue weighted by Gasteiger charge is -2.08. The third kappa shape index (κ3) is 8.76. The Hall–Kier alpha value is -2.29. The first kappa shape index (κ1) is 21.0. The number of carbonyl (C=O) groups excluding carboxylic acids is 1. The standard InChI is InChI=1S/C24H32O3/c1-2-3-4-5-6-10-19-26-23-17-15-22(16-18-23)24(25)27-20-11-14-21-12-8-7-9-13-21/h7-9,12-13,15-18H,2-6,10-11,14,19-20H2,1H3. The smallest absolute Gasteiger partial charge is 0.338 e. The minimum atomic E-state index is -0.273. The fraction of sp³-hybridized carbons (Fsp3) is 0.458. The van der Waals surface area contributed by atoms with E-state index in [0.717, 1.165) is 31.6 Å². The van der Waals surface area contributed by atoms with Gasteiger partial charge in [-0.25, -0.2) is 4.79 Å². The van der Waals surface area contributed by atoms with Crippen LogP contribution < -0.4 is 4.74 Å². The molecule has 0 aliphatic rings. The van der Waals surface area contributed by atoms with Crippen LogP contribution in [0, 0.1) is 0 Å². The van der Waals surface area contributed by atoms with E-state index in [1.54, 1.807) is 12.1 Å². The van der Waals surface area contributed by atoms with Crippen LogP contribution in [0.4, 0.5) is 0 Å². The van der Waals surface area contributed by atoms with Crippen molar-refractivity contribution < 1.29 is 14.3 Å². The van der Waals surface area contributed by atoms with Gasteiger partial charge in [-0.05, 0) is 49.1 Å². The molecule has 2 aromatic rings. The average Bonchev–Trinajstić information content (AvgIpc) is 2.71. The molecule has 0 heterocycles. The molecule has 2 aromatic carbocycles. The number of rotatable bonds is 13. The van der Waals surface area contributed by atoms with Gasteiger partial charge in [-0.15, -0.1) is 0 Å². The summed E-state index contributed by atoms with van der Waals surface area (Å²) in [7, 11) is 0. The lowest BCUT2D eigenvalue weighted by molar-refractivity contribution is 0.0500. The predicted molar refractivity (Wildman–Crippen MR) is 110 cm³/mol. The topological polar surface area (TPSA) is 35.5 Å². The van der Waals surface area contributed by atoms with Crippen LogP contribution >= 0.6 is 0 Å². The van der Waals surface area contributed by atoms with E-state index in [-0.39, 0.29) is 5.97 Å². The van der Waals surface area contributed by atoms with Crippen molar-refractivity contribution in [3.63, 3.8) is 0 Å². The van der Waals surface area contributed by atoms with E-state index in [1.165, 1.54) is 37.7 Å². The van der Waals surface area contributed by atoms with Gasteiger partial charge in [0.05, 0.1) is 18.8 Å². The number of aryl methyl sites for hydroxylation is 1. The Kier molecular flexibility index (Phi) is 10.1. The fourth-order valence-electron chi connectivity index (χ4n) is 2.93. The van der Waals surface area contributed by atoms with Crippen LogP contribution in [-0.4, -0.2) is 19.2 Å². The molecule has 0 unspecified atom stereocenters. The molecule has 0 amide bonds. The molecule has 0 aromatic heterocycles. The van der Waals surface area contributed by atoms with Crippen LogP contribution in [0.2, 0.25) is 0 Å². The molecule has 0 bridgehead atoms. The fourth-order valence-corrected chi connectivity index (χ4v) is 2.93. The van der Waals surface area contributed by atoms with Gasteiger partial charge >= 0.3 is 5.97 Å². The van der Waals surface area contributed by atoms with Crippen LogP contribution in [0.25, 0.3) is 0 Å². The van der Waals surface area contributed by atoms with Crippen molar-refractivity contribution in [1.82, 2.24) is 0 Å². The molecule has 0 saturated carbocycles. The van der Waals surface area contributed by atoms with Crippen molar-refractivity contribution in [2.75, 3.05) is 13.2 Å². The number of esters is 1. The van der Waals surface area contributed by atoms with E-state index in [2.05, 4.69) is 19.1 Å². The van der Waals surface area contributed by atoms with E-state index in [4.69, 9.17) is 9.47 Å². The Balaban J connectivity index is 1.60. The molecule has 2 rings (SSSR count). The second-order valence-electron chi connectivity index (χ2n) is 6.87. The first-order chi connectivity index (χ1) is 13.3. The molecule has 0 fully saturated rings. The van der Waals surface area contributed by atoms with Gasteiger partial charge in [-0.3, -0.25) is 0 Å². The first-order valence-corrected chi connectivity index (χ1v) is 10.2. The van der Waals surface area contributed by atoms with E-state index in [9.17, 15) is 4.79 Å². The molecule has 0 spiro atoms. The van der Waals surface area contributed by atoms with E-state index in [0.29, 0.717) is 12.2 Å². The Morgan fingerprint density at radius 3 is 2.22 bits per heavy atom. The van der Waals surface area contributed by atoms with Crippen molar-refractivity contribution in [2.45, 2.75) is 58.3 Å². The van der Waals surface area contributed by atoms with Crippen LogP contribution in [0.3, 0.4) is 0 Å². The highest BCUT2D eigenvalue weighted by molar-refractivity contribution is 5.89. The summed E-state index contributed by atoms with van der Waals surface area (Å²) in [6.45, 7) is 3.40. The highest BCUT2D eigenvalue weighted by atomic mass is 16.5. The van der Waals surface area contributed by atoms with E-state index >= 15 is 0 Å². The number of hydrogen-bond donors (Lipinski definition) is 0. The second-order valence-corrected chi connectivity index (χ2v) is 6.87. The highest BCUT2D eigenvalue weighted by Crippen LogP contribution is 2.14. The quantitative estimate of drug-likeness (QED) is 0.311. The normalized spacial score (nSPS) is 10.6. The van der Waals surface area contributed by atoms with Crippen molar-refractivity contribution in [3.05, 3.63) is 65.7 Å². The molecular weight excluding hydrogens is 336 g/mol. The minimum absolute atomic E-state index is 0.273. The number of unbranched alkanes of at least 4 members (excludes halogenated alkanes) is 5. The molecule has 0 atom stereocenters. The first-order valence-electron chi connectivity index (χ1n) is 10.2. The number of benzene rings is 2. The SMILES string of the molecule is CCCCCCCCOc1ccc(C(=O)OCCCc2ccccc2)cc1. The Morgan fingerprint density at radius 2 is 1.48 bits per heavy atom. The summed E-state index contributed by atoms with van der Waals surface area (Å²) < 4.78 is 11.1. The maximum Gasteiger partial charge on any atom is 0.338 e. The summed E-state index contributed by atoms with van der Waals surface area (Å²) in [5.74, 6) is 0.537. The van der Waals surface area contributed by atoms with Crippen LogP contribution in [0.5, 0.6) is 5.75 Å². The lowest BCUT2D eigenvalue weighted by atomic mass is 10.1. The van der Waals surface area contributed by atoms with Gasteiger partial charge in [-0.2, -0.15) is 0 Å². The minimum Gasteiger partial charge on any atom is -0.494 e. The monoisotopic (exact) mass is 368 g/mol. The number of ether oxygens (including phenoxy) is 2. The van der Waals surface area contributed by atoms with Gasteiger partial charge in [-0.1, -0.05) is 69.4 Å². The third-order valence-electron chi connectivity index (χ3n) is 4.54. The van der Waals surface area contributed by atoms with Gasteiger partial charge in [0.25, 0.3) is 0 Å². The summed E-state index contributed by atoms with van der Waals surface area (Å²) in [6.07, 6.45) is 9.24. The van der Waals surface area contributed by atoms with Crippen molar-refractivity contribution in [2.24, 2.45) is 0 Å². The summed E-state index contributed by atoms with van der Waals surface area (Å²) >= 11 is 0. The summed E-state index contributed by atoms with van der Waals surface area (Å²) in [5, 5.41) is 0. The zero-order valence-electron chi connectivity index (χ0n) is 16.5. The van der Waals surface area contributed by atoms with Gasteiger partial charge in [0.1, 0.15) is 5.75 Å². The highest BCUT2D eigenvalue weighted by Gasteiger charge is 2.07. The summed E-state index contributed by atoms with van der Waals surface area (Å²) in [5.41, 5.74) is 1.84. The zero-order chi connectivity index (χ0) is 19.2. The molecule has 0 N–H and O–H groups in total. The summed E-state index contributed by atoms with van der Waals surface area (Å²) in [4.78, 5) is 12.1. The van der Waals surface area contributed by atoms with E-state index in [1.807, 2.05) is 30.3 Å². The Labute approximate surface area is 163 Å². The van der Waals surface area contributed by atoms with Gasteiger partial charge in [0.15, 0.2) is 0 Å². The van der Waals surface area contributed by atoms with Crippen LogP contribution in [0.1, 0.15) is 67.8 Å². The van der Waals surface area contributed by atoms with E-state index < -0.39 is 0 Å². The molecule has 3 heteroatoms. The summed E-state index contributed by atoms with van der Waals surface area (Å²) in [6, 6.07) is 17.5. The van der Waals surface area contributed by atoms with Crippen LogP contribution in [0.15, 0.2) is 54.6 Å². The second kappa shape index (κ2) is 13.0. The van der Waals surface area contributed by atoms with Crippen molar-refractivity contribution in [1.29, 1.82) is 0 Å². The van der Waals surface area contributed by atoms with Gasteiger partial charge < -0.3 is 9.47 Å². The maximum absolute atomic E-state index is 12.1. The zero-order valence-corrected chi connectivity index (χ0v) is 16.5. The molecule has 3 nitrogen and oxygen atoms in total. The molecule has 0 saturated heterocycles. The van der Waals surface area contributed by atoms with Crippen LogP contribution in [-0.2, 0) is 11.2 Å². The molecule has 27 heavy (non-hydrogen) atoms. The molecule has 0 aliphatic carbocycles. The Bertz CT molecular complexity index is 634. The van der Waals surface area contributed by atoms with Crippen molar-refractivity contribution in [3.8, 4) is 5.75 Å². The van der Waals surface area contributed by atoms with Crippen molar-refractivity contribution >= 4 is 5.97 Å². The number of hydrogen-bond acceptors (Lipinski definition) is 3. The third-order valence-corrected chi connectivity index (χ3v) is 4.54. The molecule has 0 aliphatic heterocycles. The number of carbonyl (C=O) groups is 1. The molecule has 0 radical (unpaired) electrons. The largest absolute Gasteiger partial charge is 0.494 e. The van der Waals surface area contributed by atoms with Gasteiger partial charge in [0, 0.05) is 0 Å². The maximum atomic E-state index is 12.1. The Morgan fingerprint density at radius 1 is 0.778 bits per heavy atom. The molecular formula is C24H32O3. The van der Waals surface area contributed by atoms with Gasteiger partial charge in [0.2, 0.25) is 0 Å². The average molecular weight is 369 g/mol. The lowest BCUT2D eigenvalue weighted by Crippen LogP contribution is -2.07.